The average Bonchev–Trinajstić information content (AvgIpc) is 3.19. The summed E-state index contributed by atoms with van der Waals surface area (Å²) in [7, 11) is -1.26. The van der Waals surface area contributed by atoms with Crippen LogP contribution in [0.5, 0.6) is 0 Å². The fraction of sp³-hybridized carbons (Fsp3) is 0.391. The van der Waals surface area contributed by atoms with Gasteiger partial charge in [0.05, 0.1) is 23.1 Å². The molecule has 1 aromatic carbocycles. The molecular formula is C23H28ClF2N5O2Si. The number of halogens is 3. The van der Waals surface area contributed by atoms with E-state index in [-0.39, 0.29) is 24.1 Å². The fourth-order valence-corrected chi connectivity index (χ4v) is 3.99. The first-order chi connectivity index (χ1) is 16.2. The maximum absolute atomic E-state index is 13.7. The molecule has 0 radical (unpaired) electrons. The number of aryl methyl sites for hydroxylation is 1. The predicted molar refractivity (Wildman–Crippen MR) is 131 cm³/mol. The number of ether oxygens (including phenoxy) is 1. The second-order valence-corrected chi connectivity index (χ2v) is 15.1. The number of aromatic nitrogens is 4. The van der Waals surface area contributed by atoms with Gasteiger partial charge in [-0.1, -0.05) is 37.3 Å². The zero-order valence-electron chi connectivity index (χ0n) is 19.4. The van der Waals surface area contributed by atoms with Crippen LogP contribution in [0.15, 0.2) is 36.7 Å². The van der Waals surface area contributed by atoms with E-state index in [0.29, 0.717) is 41.2 Å². The lowest BCUT2D eigenvalue weighted by Crippen LogP contribution is -2.22. The first-order valence-corrected chi connectivity index (χ1v) is 15.0. The van der Waals surface area contributed by atoms with Crippen LogP contribution in [0.25, 0.3) is 11.3 Å². The highest BCUT2D eigenvalue weighted by molar-refractivity contribution is 6.76. The summed E-state index contributed by atoms with van der Waals surface area (Å²) in [5.74, 6) is -0.381. The molecule has 0 aliphatic heterocycles. The minimum atomic E-state index is -1.26. The number of anilines is 1. The number of alkyl halides is 1. The van der Waals surface area contributed by atoms with Crippen molar-refractivity contribution in [2.75, 3.05) is 11.9 Å². The second kappa shape index (κ2) is 11.6. The Labute approximate surface area is 203 Å². The summed E-state index contributed by atoms with van der Waals surface area (Å²) in [4.78, 5) is 12.6. The molecule has 2 heterocycles. The molecule has 0 saturated carbocycles. The van der Waals surface area contributed by atoms with Gasteiger partial charge in [-0.15, -0.1) is 0 Å². The number of rotatable bonds is 11. The highest BCUT2D eigenvalue weighted by Gasteiger charge is 2.17. The third-order valence-electron chi connectivity index (χ3n) is 5.12. The fourth-order valence-electron chi connectivity index (χ4n) is 3.12. The molecule has 0 bridgehead atoms. The van der Waals surface area contributed by atoms with Gasteiger partial charge < -0.3 is 10.1 Å². The third-order valence-corrected chi connectivity index (χ3v) is 7.13. The zero-order chi connectivity index (χ0) is 24.7. The van der Waals surface area contributed by atoms with E-state index in [1.165, 1.54) is 29.2 Å². The van der Waals surface area contributed by atoms with E-state index in [1.807, 2.05) is 0 Å². The maximum Gasteiger partial charge on any atom is 0.225 e. The SMILES string of the molecule is C[Si](C)(C)CCOCn1nc(-c2cnncc2CF)cc1NC(=O)CCc1ccc(Cl)c(F)c1. The van der Waals surface area contributed by atoms with E-state index < -0.39 is 20.6 Å². The molecule has 0 aliphatic rings. The first kappa shape index (κ1) is 25.9. The van der Waals surface area contributed by atoms with Gasteiger partial charge in [-0.05, 0) is 30.2 Å². The predicted octanol–water partition coefficient (Wildman–Crippen LogP) is 5.49. The molecule has 0 atom stereocenters. The normalized spacial score (nSPS) is 11.6. The smallest absolute Gasteiger partial charge is 0.225 e. The molecule has 34 heavy (non-hydrogen) atoms. The number of carbonyl (C=O) groups excluding carboxylic acids is 1. The molecule has 0 saturated heterocycles. The Morgan fingerprint density at radius 2 is 1.97 bits per heavy atom. The number of amides is 1. The maximum atomic E-state index is 13.7. The summed E-state index contributed by atoms with van der Waals surface area (Å²) in [6.45, 7) is 6.77. The monoisotopic (exact) mass is 507 g/mol. The Morgan fingerprint density at radius 3 is 2.68 bits per heavy atom. The molecule has 1 amide bonds. The Bertz CT molecular complexity index is 1140. The zero-order valence-corrected chi connectivity index (χ0v) is 21.2. The van der Waals surface area contributed by atoms with Crippen molar-refractivity contribution in [3.63, 3.8) is 0 Å². The van der Waals surface area contributed by atoms with Crippen LogP contribution in [0.3, 0.4) is 0 Å². The molecule has 7 nitrogen and oxygen atoms in total. The number of nitrogens with one attached hydrogen (secondary N) is 1. The van der Waals surface area contributed by atoms with Crippen LogP contribution >= 0.6 is 11.6 Å². The molecule has 2 aromatic heterocycles. The van der Waals surface area contributed by atoms with Gasteiger partial charge in [0.15, 0.2) is 0 Å². The summed E-state index contributed by atoms with van der Waals surface area (Å²) in [6.07, 6.45) is 3.26. The lowest BCUT2D eigenvalue weighted by molar-refractivity contribution is -0.116. The van der Waals surface area contributed by atoms with Gasteiger partial charge in [0.1, 0.15) is 25.0 Å². The van der Waals surface area contributed by atoms with Crippen molar-refractivity contribution in [2.45, 2.75) is 51.9 Å². The largest absolute Gasteiger partial charge is 0.359 e. The van der Waals surface area contributed by atoms with Crippen LogP contribution in [-0.2, 0) is 29.4 Å². The molecule has 182 valence electrons. The van der Waals surface area contributed by atoms with Gasteiger partial charge in [-0.3, -0.25) is 4.79 Å². The van der Waals surface area contributed by atoms with Crippen molar-refractivity contribution < 1.29 is 18.3 Å². The Hall–Kier alpha value is -2.69. The summed E-state index contributed by atoms with van der Waals surface area (Å²) in [5, 5.41) is 14.9. The van der Waals surface area contributed by atoms with E-state index in [2.05, 4.69) is 40.3 Å². The molecular weight excluding hydrogens is 480 g/mol. The molecule has 0 unspecified atom stereocenters. The number of nitrogens with zero attached hydrogens (tertiary/aromatic N) is 4. The summed E-state index contributed by atoms with van der Waals surface area (Å²) in [6, 6.07) is 7.11. The van der Waals surface area contributed by atoms with E-state index >= 15 is 0 Å². The summed E-state index contributed by atoms with van der Waals surface area (Å²) >= 11 is 5.71. The lowest BCUT2D eigenvalue weighted by atomic mass is 10.1. The van der Waals surface area contributed by atoms with Crippen molar-refractivity contribution in [3.05, 3.63) is 58.6 Å². The number of benzene rings is 1. The average molecular weight is 508 g/mol. The van der Waals surface area contributed by atoms with Crippen molar-refractivity contribution in [1.29, 1.82) is 0 Å². The molecule has 1 N–H and O–H groups in total. The van der Waals surface area contributed by atoms with Crippen LogP contribution in [-0.4, -0.2) is 40.6 Å². The molecule has 0 aliphatic carbocycles. The molecule has 0 fully saturated rings. The molecule has 0 spiro atoms. The quantitative estimate of drug-likeness (QED) is 0.274. The molecule has 3 rings (SSSR count). The summed E-state index contributed by atoms with van der Waals surface area (Å²) < 4.78 is 34.4. The van der Waals surface area contributed by atoms with Crippen molar-refractivity contribution in [3.8, 4) is 11.3 Å². The van der Waals surface area contributed by atoms with Crippen molar-refractivity contribution in [2.24, 2.45) is 0 Å². The highest BCUT2D eigenvalue weighted by atomic mass is 35.5. The van der Waals surface area contributed by atoms with Crippen LogP contribution < -0.4 is 5.32 Å². The van der Waals surface area contributed by atoms with Crippen LogP contribution in [0, 0.1) is 5.82 Å². The molecule has 11 heteroatoms. The Morgan fingerprint density at radius 1 is 1.21 bits per heavy atom. The van der Waals surface area contributed by atoms with Gasteiger partial charge in [0, 0.05) is 38.3 Å². The topological polar surface area (TPSA) is 81.9 Å². The molecule has 3 aromatic rings. The minimum Gasteiger partial charge on any atom is -0.359 e. The number of carbonyl (C=O) groups is 1. The Balaban J connectivity index is 1.74. The van der Waals surface area contributed by atoms with Gasteiger partial charge in [0.2, 0.25) is 5.91 Å². The van der Waals surface area contributed by atoms with E-state index in [9.17, 15) is 13.6 Å². The van der Waals surface area contributed by atoms with Crippen LogP contribution in [0.4, 0.5) is 14.6 Å². The van der Waals surface area contributed by atoms with E-state index in [0.717, 1.165) is 6.04 Å². The van der Waals surface area contributed by atoms with Crippen LogP contribution in [0.1, 0.15) is 17.5 Å². The van der Waals surface area contributed by atoms with Crippen molar-refractivity contribution >= 4 is 31.4 Å². The van der Waals surface area contributed by atoms with Crippen LogP contribution in [0.2, 0.25) is 30.7 Å². The van der Waals surface area contributed by atoms with Gasteiger partial charge in [-0.25, -0.2) is 13.5 Å². The van der Waals surface area contributed by atoms with Gasteiger partial charge in [-0.2, -0.15) is 15.3 Å². The minimum absolute atomic E-state index is 0.0389. The van der Waals surface area contributed by atoms with E-state index in [4.69, 9.17) is 16.3 Å². The lowest BCUT2D eigenvalue weighted by Gasteiger charge is -2.16. The number of hydrogen-bond donors (Lipinski definition) is 1. The van der Waals surface area contributed by atoms with Crippen molar-refractivity contribution in [1.82, 2.24) is 20.0 Å². The Kier molecular flexibility index (Phi) is 8.87. The highest BCUT2D eigenvalue weighted by Crippen LogP contribution is 2.25. The standard InChI is InChI=1S/C23H28ClF2N5O2Si/c1-34(2,3)9-8-33-15-31-22(11-21(30-31)18-14-28-27-13-17(18)12-25)29-23(32)7-5-16-4-6-19(24)20(26)10-16/h4,6,10-11,13-14H,5,7-9,12,15H2,1-3H3,(H,29,32). The van der Waals surface area contributed by atoms with Gasteiger partial charge >= 0.3 is 0 Å². The summed E-state index contributed by atoms with van der Waals surface area (Å²) in [5.41, 5.74) is 1.95. The number of hydrogen-bond acceptors (Lipinski definition) is 5. The van der Waals surface area contributed by atoms with Gasteiger partial charge in [0.25, 0.3) is 0 Å². The first-order valence-electron chi connectivity index (χ1n) is 10.9. The third kappa shape index (κ3) is 7.41. The second-order valence-electron chi connectivity index (χ2n) is 9.12. The van der Waals surface area contributed by atoms with E-state index in [1.54, 1.807) is 12.1 Å².